The molecule has 0 aliphatic rings. The molecule has 0 N–H and O–H groups in total. The first-order chi connectivity index (χ1) is 11.3. The van der Waals surface area contributed by atoms with Crippen LogP contribution in [-0.4, -0.2) is 26.8 Å². The number of aromatic nitrogens is 4. The third-order valence-corrected chi connectivity index (χ3v) is 4.42. The fourth-order valence-corrected chi connectivity index (χ4v) is 3.33. The van der Waals surface area contributed by atoms with E-state index in [1.54, 1.807) is 11.9 Å². The number of nitrogens with zero attached hydrogens (tertiary/aromatic N) is 5. The molecular weight excluding hydrogens is 339 g/mol. The van der Waals surface area contributed by atoms with Gasteiger partial charge in [-0.05, 0) is 11.4 Å². The van der Waals surface area contributed by atoms with Crippen molar-refractivity contribution in [2.45, 2.75) is 26.1 Å². The van der Waals surface area contributed by atoms with Crippen molar-refractivity contribution in [1.82, 2.24) is 19.7 Å². The molecule has 0 aliphatic carbocycles. The number of anilines is 1. The van der Waals surface area contributed by atoms with Gasteiger partial charge in [-0.3, -0.25) is 4.68 Å². The van der Waals surface area contributed by atoms with Crippen molar-refractivity contribution in [2.24, 2.45) is 7.05 Å². The van der Waals surface area contributed by atoms with Crippen LogP contribution in [-0.2, 0) is 26.2 Å². The Labute approximate surface area is 140 Å². The molecule has 0 atom stereocenters. The van der Waals surface area contributed by atoms with E-state index in [9.17, 15) is 13.2 Å². The predicted octanol–water partition coefficient (Wildman–Crippen LogP) is 3.64. The summed E-state index contributed by atoms with van der Waals surface area (Å²) >= 11 is 1.49. The number of hydrogen-bond donors (Lipinski definition) is 0. The van der Waals surface area contributed by atoms with Crippen molar-refractivity contribution < 1.29 is 13.2 Å². The van der Waals surface area contributed by atoms with Crippen LogP contribution in [0.1, 0.15) is 24.0 Å². The van der Waals surface area contributed by atoms with E-state index in [2.05, 4.69) is 15.1 Å². The van der Waals surface area contributed by atoms with E-state index >= 15 is 0 Å². The predicted molar refractivity (Wildman–Crippen MR) is 87.1 cm³/mol. The second kappa shape index (κ2) is 6.04. The van der Waals surface area contributed by atoms with Crippen molar-refractivity contribution >= 4 is 27.4 Å². The molecule has 0 aliphatic heterocycles. The fraction of sp³-hybridized carbons (Fsp3) is 0.400. The number of alkyl halides is 3. The van der Waals surface area contributed by atoms with Crippen LogP contribution in [0.5, 0.6) is 0 Å². The fourth-order valence-electron chi connectivity index (χ4n) is 2.55. The molecule has 24 heavy (non-hydrogen) atoms. The van der Waals surface area contributed by atoms with Gasteiger partial charge in [0, 0.05) is 38.8 Å². The Hall–Kier alpha value is -2.16. The zero-order valence-corrected chi connectivity index (χ0v) is 14.2. The highest BCUT2D eigenvalue weighted by Gasteiger charge is 2.37. The van der Waals surface area contributed by atoms with Crippen LogP contribution < -0.4 is 4.90 Å². The lowest BCUT2D eigenvalue weighted by Crippen LogP contribution is -2.21. The summed E-state index contributed by atoms with van der Waals surface area (Å²) in [5.74, 6) is 1.31. The maximum atomic E-state index is 13.1. The molecule has 0 amide bonds. The summed E-state index contributed by atoms with van der Waals surface area (Å²) in [6.07, 6.45) is -2.42. The second-order valence-electron chi connectivity index (χ2n) is 5.49. The monoisotopic (exact) mass is 355 g/mol. The zero-order chi connectivity index (χ0) is 17.5. The summed E-state index contributed by atoms with van der Waals surface area (Å²) in [6.45, 7) is 2.01. The van der Waals surface area contributed by atoms with Gasteiger partial charge in [-0.15, -0.1) is 11.3 Å². The van der Waals surface area contributed by atoms with Crippen LogP contribution >= 0.6 is 11.3 Å². The minimum Gasteiger partial charge on any atom is -0.355 e. The van der Waals surface area contributed by atoms with E-state index in [4.69, 9.17) is 0 Å². The molecule has 0 fully saturated rings. The largest absolute Gasteiger partial charge is 0.435 e. The second-order valence-corrected chi connectivity index (χ2v) is 6.38. The average Bonchev–Trinajstić information content (AvgIpc) is 3.11. The summed E-state index contributed by atoms with van der Waals surface area (Å²) in [4.78, 5) is 11.5. The van der Waals surface area contributed by atoms with Crippen molar-refractivity contribution in [3.8, 4) is 0 Å². The molecule has 0 bridgehead atoms. The SMILES string of the molecule is CCc1nc(N(C)Cc2cn(C)nc2C(F)(F)F)c2ccsc2n1. The van der Waals surface area contributed by atoms with E-state index in [-0.39, 0.29) is 12.1 Å². The maximum absolute atomic E-state index is 13.1. The van der Waals surface area contributed by atoms with Crippen molar-refractivity contribution in [3.05, 3.63) is 34.7 Å². The topological polar surface area (TPSA) is 46.8 Å². The van der Waals surface area contributed by atoms with Crippen LogP contribution in [0.4, 0.5) is 19.0 Å². The molecule has 0 aromatic carbocycles. The lowest BCUT2D eigenvalue weighted by atomic mass is 10.2. The summed E-state index contributed by atoms with van der Waals surface area (Å²) in [6, 6.07) is 1.89. The number of fused-ring (bicyclic) bond motifs is 1. The molecular formula is C15H16F3N5S. The molecule has 0 unspecified atom stereocenters. The Morgan fingerprint density at radius 3 is 2.71 bits per heavy atom. The van der Waals surface area contributed by atoms with Gasteiger partial charge in [-0.25, -0.2) is 9.97 Å². The third kappa shape index (κ3) is 3.08. The van der Waals surface area contributed by atoms with Gasteiger partial charge in [0.2, 0.25) is 0 Å². The van der Waals surface area contributed by atoms with Gasteiger partial charge in [0.25, 0.3) is 0 Å². The zero-order valence-electron chi connectivity index (χ0n) is 13.4. The normalized spacial score (nSPS) is 12.1. The lowest BCUT2D eigenvalue weighted by Gasteiger charge is -2.20. The molecule has 0 radical (unpaired) electrons. The number of thiophene rings is 1. The number of hydrogen-bond acceptors (Lipinski definition) is 5. The Morgan fingerprint density at radius 1 is 1.29 bits per heavy atom. The van der Waals surface area contributed by atoms with E-state index in [1.165, 1.54) is 29.3 Å². The van der Waals surface area contributed by atoms with E-state index < -0.39 is 11.9 Å². The quantitative estimate of drug-likeness (QED) is 0.717. The molecule has 3 aromatic rings. The van der Waals surface area contributed by atoms with Gasteiger partial charge < -0.3 is 4.90 Å². The molecule has 5 nitrogen and oxygen atoms in total. The first kappa shape index (κ1) is 16.7. The van der Waals surface area contributed by atoms with Gasteiger partial charge >= 0.3 is 6.18 Å². The molecule has 128 valence electrons. The summed E-state index contributed by atoms with van der Waals surface area (Å²) in [5.41, 5.74) is -0.740. The Morgan fingerprint density at radius 2 is 2.04 bits per heavy atom. The van der Waals surface area contributed by atoms with Crippen molar-refractivity contribution in [2.75, 3.05) is 11.9 Å². The van der Waals surface area contributed by atoms with E-state index in [1.807, 2.05) is 18.4 Å². The maximum Gasteiger partial charge on any atom is 0.435 e. The van der Waals surface area contributed by atoms with Gasteiger partial charge in [0.05, 0.1) is 5.39 Å². The molecule has 0 spiro atoms. The molecule has 9 heteroatoms. The highest BCUT2D eigenvalue weighted by atomic mass is 32.1. The van der Waals surface area contributed by atoms with Crippen LogP contribution in [0.15, 0.2) is 17.6 Å². The molecule has 3 aromatic heterocycles. The Bertz CT molecular complexity index is 868. The number of halogens is 3. The lowest BCUT2D eigenvalue weighted by molar-refractivity contribution is -0.142. The standard InChI is InChI=1S/C15H16F3N5S/c1-4-11-19-13(10-5-6-24-14(10)20-11)22(2)7-9-8-23(3)21-12(9)15(16,17)18/h5-6,8H,4,7H2,1-3H3. The van der Waals surface area contributed by atoms with Crippen molar-refractivity contribution in [1.29, 1.82) is 0 Å². The Balaban J connectivity index is 1.99. The van der Waals surface area contributed by atoms with Gasteiger partial charge in [0.15, 0.2) is 5.69 Å². The van der Waals surface area contributed by atoms with Crippen LogP contribution in [0.2, 0.25) is 0 Å². The smallest absolute Gasteiger partial charge is 0.355 e. The molecule has 0 saturated carbocycles. The summed E-state index contributed by atoms with van der Waals surface area (Å²) < 4.78 is 40.5. The Kier molecular flexibility index (Phi) is 4.20. The summed E-state index contributed by atoms with van der Waals surface area (Å²) in [7, 11) is 3.21. The van der Waals surface area contributed by atoms with Crippen molar-refractivity contribution in [3.63, 3.8) is 0 Å². The minimum absolute atomic E-state index is 0.0633. The highest BCUT2D eigenvalue weighted by molar-refractivity contribution is 7.16. The highest BCUT2D eigenvalue weighted by Crippen LogP contribution is 2.33. The number of rotatable bonds is 4. The minimum atomic E-state index is -4.48. The van der Waals surface area contributed by atoms with Gasteiger partial charge in [-0.2, -0.15) is 18.3 Å². The molecule has 3 rings (SSSR count). The average molecular weight is 355 g/mol. The van der Waals surface area contributed by atoms with E-state index in [0.29, 0.717) is 18.1 Å². The summed E-state index contributed by atoms with van der Waals surface area (Å²) in [5, 5.41) is 6.30. The first-order valence-electron chi connectivity index (χ1n) is 7.34. The first-order valence-corrected chi connectivity index (χ1v) is 8.22. The van der Waals surface area contributed by atoms with E-state index in [0.717, 1.165) is 10.2 Å². The third-order valence-electron chi connectivity index (χ3n) is 3.61. The molecule has 0 saturated heterocycles. The number of aryl methyl sites for hydroxylation is 2. The van der Waals surface area contributed by atoms with Crippen LogP contribution in [0, 0.1) is 0 Å². The van der Waals surface area contributed by atoms with Gasteiger partial charge in [0.1, 0.15) is 16.5 Å². The van der Waals surface area contributed by atoms with Crippen LogP contribution in [0.25, 0.3) is 10.2 Å². The van der Waals surface area contributed by atoms with Crippen LogP contribution in [0.3, 0.4) is 0 Å². The molecule has 3 heterocycles. The van der Waals surface area contributed by atoms with Gasteiger partial charge in [-0.1, -0.05) is 6.92 Å².